The number of benzene rings is 2. The molecule has 1 aliphatic rings. The quantitative estimate of drug-likeness (QED) is 0.509. The van der Waals surface area contributed by atoms with E-state index in [0.29, 0.717) is 22.5 Å². The number of carbonyl (C=O) groups excluding carboxylic acids is 2. The lowest BCUT2D eigenvalue weighted by Gasteiger charge is -2.29. The number of allylic oxidation sites excluding steroid dienone is 1. The Labute approximate surface area is 191 Å². The number of ether oxygens (including phenoxy) is 2. The summed E-state index contributed by atoms with van der Waals surface area (Å²) in [4.78, 5) is 36.5. The van der Waals surface area contributed by atoms with Crippen molar-refractivity contribution in [2.45, 2.75) is 39.8 Å². The fourth-order valence-corrected chi connectivity index (χ4v) is 3.46. The number of hydrogen-bond acceptors (Lipinski definition) is 5. The number of carboxylic acids is 1. The molecule has 3 rings (SSSR count). The Morgan fingerprint density at radius 1 is 1.06 bits per heavy atom. The molecule has 3 amide bonds. The van der Waals surface area contributed by atoms with E-state index in [1.54, 1.807) is 25.1 Å². The van der Waals surface area contributed by atoms with Crippen molar-refractivity contribution in [2.24, 2.45) is 0 Å². The molecular formula is C24H27N3O6. The number of urea groups is 1. The molecular weight excluding hydrogens is 426 g/mol. The Kier molecular flexibility index (Phi) is 6.91. The van der Waals surface area contributed by atoms with E-state index in [9.17, 15) is 14.4 Å². The number of carboxylic acid groups (broad SMARTS) is 1. The molecule has 174 valence electrons. The van der Waals surface area contributed by atoms with Crippen molar-refractivity contribution in [3.63, 3.8) is 0 Å². The largest absolute Gasteiger partial charge is 0.493 e. The molecule has 0 radical (unpaired) electrons. The first kappa shape index (κ1) is 23.6. The number of amides is 3. The average molecular weight is 453 g/mol. The number of aryl methyl sites for hydroxylation is 2. The van der Waals surface area contributed by atoms with Gasteiger partial charge in [-0.15, -0.1) is 0 Å². The summed E-state index contributed by atoms with van der Waals surface area (Å²) in [5, 5.41) is 17.4. The zero-order chi connectivity index (χ0) is 24.3. The van der Waals surface area contributed by atoms with Gasteiger partial charge in [0.25, 0.3) is 5.91 Å². The number of rotatable bonds is 7. The van der Waals surface area contributed by atoms with Crippen molar-refractivity contribution < 1.29 is 29.0 Å². The van der Waals surface area contributed by atoms with Crippen molar-refractivity contribution in [2.75, 3.05) is 12.4 Å². The summed E-state index contributed by atoms with van der Waals surface area (Å²) in [7, 11) is 1.42. The Balaban J connectivity index is 1.94. The Morgan fingerprint density at radius 3 is 2.42 bits per heavy atom. The first-order valence-electron chi connectivity index (χ1n) is 10.3. The number of aliphatic carboxylic acids is 1. The van der Waals surface area contributed by atoms with E-state index in [1.807, 2.05) is 32.0 Å². The Morgan fingerprint density at radius 2 is 1.79 bits per heavy atom. The molecule has 0 saturated heterocycles. The summed E-state index contributed by atoms with van der Waals surface area (Å²) >= 11 is 0. The molecule has 2 aromatic carbocycles. The van der Waals surface area contributed by atoms with Crippen LogP contribution in [-0.4, -0.2) is 36.2 Å². The van der Waals surface area contributed by atoms with Gasteiger partial charge in [0.2, 0.25) is 0 Å². The first-order valence-corrected chi connectivity index (χ1v) is 10.3. The smallest absolute Gasteiger partial charge is 0.344 e. The van der Waals surface area contributed by atoms with E-state index in [4.69, 9.17) is 14.6 Å². The third-order valence-electron chi connectivity index (χ3n) is 5.45. The second-order valence-electron chi connectivity index (χ2n) is 7.83. The fraction of sp³-hybridized carbons (Fsp3) is 0.292. The van der Waals surface area contributed by atoms with Crippen LogP contribution in [0.5, 0.6) is 11.5 Å². The summed E-state index contributed by atoms with van der Waals surface area (Å²) in [6.45, 7) is 7.01. The summed E-state index contributed by atoms with van der Waals surface area (Å²) in [6.07, 6.45) is -1.08. The van der Waals surface area contributed by atoms with Crippen LogP contribution >= 0.6 is 0 Å². The number of nitrogens with one attached hydrogen (secondary N) is 3. The lowest BCUT2D eigenvalue weighted by molar-refractivity contribution is -0.144. The number of hydrogen-bond donors (Lipinski definition) is 4. The van der Waals surface area contributed by atoms with Gasteiger partial charge in [-0.25, -0.2) is 9.59 Å². The Hall–Kier alpha value is -4.01. The predicted molar refractivity (Wildman–Crippen MR) is 122 cm³/mol. The molecule has 0 spiro atoms. The van der Waals surface area contributed by atoms with Crippen LogP contribution in [0.1, 0.15) is 36.6 Å². The first-order chi connectivity index (χ1) is 15.6. The summed E-state index contributed by atoms with van der Waals surface area (Å²) in [6, 6.07) is 9.23. The molecule has 2 atom stereocenters. The van der Waals surface area contributed by atoms with Gasteiger partial charge in [0.15, 0.2) is 17.6 Å². The fourth-order valence-electron chi connectivity index (χ4n) is 3.46. The van der Waals surface area contributed by atoms with E-state index in [2.05, 4.69) is 16.0 Å². The minimum Gasteiger partial charge on any atom is -0.493 e. The minimum absolute atomic E-state index is 0.234. The highest BCUT2D eigenvalue weighted by atomic mass is 16.5. The van der Waals surface area contributed by atoms with Crippen molar-refractivity contribution in [1.29, 1.82) is 0 Å². The van der Waals surface area contributed by atoms with E-state index in [1.165, 1.54) is 14.0 Å². The highest BCUT2D eigenvalue weighted by molar-refractivity contribution is 6.06. The van der Waals surface area contributed by atoms with Crippen LogP contribution in [0.15, 0.2) is 47.7 Å². The van der Waals surface area contributed by atoms with Crippen LogP contribution < -0.4 is 25.4 Å². The second kappa shape index (κ2) is 9.64. The number of methoxy groups -OCH3 is 1. The monoisotopic (exact) mass is 453 g/mol. The molecule has 0 saturated carbocycles. The number of anilines is 1. The Bertz CT molecular complexity index is 1140. The highest BCUT2D eigenvalue weighted by Gasteiger charge is 2.32. The van der Waals surface area contributed by atoms with Gasteiger partial charge < -0.3 is 30.5 Å². The van der Waals surface area contributed by atoms with Crippen LogP contribution in [0.2, 0.25) is 0 Å². The zero-order valence-corrected chi connectivity index (χ0v) is 19.1. The highest BCUT2D eigenvalue weighted by Crippen LogP contribution is 2.35. The van der Waals surface area contributed by atoms with Crippen molar-refractivity contribution in [3.8, 4) is 11.5 Å². The SMILES string of the molecule is COc1cc([C@@H]2NC(=O)NC(C)=C2C(=O)Nc2ccc(C)c(C)c2)ccc1O[C@@H](C)C(=O)O. The van der Waals surface area contributed by atoms with E-state index >= 15 is 0 Å². The van der Waals surface area contributed by atoms with Crippen LogP contribution in [-0.2, 0) is 9.59 Å². The summed E-state index contributed by atoms with van der Waals surface area (Å²) < 4.78 is 10.8. The topological polar surface area (TPSA) is 126 Å². The molecule has 0 unspecified atom stereocenters. The number of carbonyl (C=O) groups is 3. The van der Waals surface area contributed by atoms with Crippen LogP contribution in [0.25, 0.3) is 0 Å². The molecule has 0 aliphatic carbocycles. The molecule has 0 fully saturated rings. The third kappa shape index (κ3) is 5.25. The van der Waals surface area contributed by atoms with Gasteiger partial charge in [0.1, 0.15) is 0 Å². The van der Waals surface area contributed by atoms with Crippen molar-refractivity contribution >= 4 is 23.6 Å². The lowest BCUT2D eigenvalue weighted by Crippen LogP contribution is -2.46. The maximum absolute atomic E-state index is 13.2. The summed E-state index contributed by atoms with van der Waals surface area (Å²) in [5.41, 5.74) is 4.12. The molecule has 1 heterocycles. The van der Waals surface area contributed by atoms with Crippen LogP contribution in [0, 0.1) is 13.8 Å². The van der Waals surface area contributed by atoms with Crippen molar-refractivity contribution in [3.05, 3.63) is 64.4 Å². The molecule has 9 nitrogen and oxygen atoms in total. The molecule has 33 heavy (non-hydrogen) atoms. The van der Waals surface area contributed by atoms with Gasteiger partial charge in [-0.3, -0.25) is 4.79 Å². The van der Waals surface area contributed by atoms with Gasteiger partial charge in [-0.05, 0) is 68.7 Å². The van der Waals surface area contributed by atoms with Crippen LogP contribution in [0.3, 0.4) is 0 Å². The lowest BCUT2D eigenvalue weighted by atomic mass is 9.94. The molecule has 4 N–H and O–H groups in total. The van der Waals surface area contributed by atoms with Gasteiger partial charge >= 0.3 is 12.0 Å². The van der Waals surface area contributed by atoms with E-state index < -0.39 is 24.1 Å². The van der Waals surface area contributed by atoms with Gasteiger partial charge in [-0.2, -0.15) is 0 Å². The normalized spacial score (nSPS) is 16.4. The van der Waals surface area contributed by atoms with Crippen LogP contribution in [0.4, 0.5) is 10.5 Å². The molecule has 0 aromatic heterocycles. The van der Waals surface area contributed by atoms with Gasteiger partial charge in [0.05, 0.1) is 18.7 Å². The van der Waals surface area contributed by atoms with Crippen molar-refractivity contribution in [1.82, 2.24) is 10.6 Å². The average Bonchev–Trinajstić information content (AvgIpc) is 2.75. The molecule has 2 aromatic rings. The second-order valence-corrected chi connectivity index (χ2v) is 7.83. The minimum atomic E-state index is -1.12. The molecule has 0 bridgehead atoms. The third-order valence-corrected chi connectivity index (χ3v) is 5.45. The standard InChI is InChI=1S/C24H27N3O6/c1-12-6-8-17(10-13(12)2)26-22(28)20-14(3)25-24(31)27-21(20)16-7-9-18(19(11-16)32-5)33-15(4)23(29)30/h6-11,15,21H,1-5H3,(H,26,28)(H,29,30)(H2,25,27,31)/t15-,21-/m0/s1. The molecule has 9 heteroatoms. The zero-order valence-electron chi connectivity index (χ0n) is 19.1. The summed E-state index contributed by atoms with van der Waals surface area (Å²) in [5.74, 6) is -0.971. The molecule has 1 aliphatic heterocycles. The predicted octanol–water partition coefficient (Wildman–Crippen LogP) is 3.43. The van der Waals surface area contributed by atoms with Gasteiger partial charge in [-0.1, -0.05) is 12.1 Å². The van der Waals surface area contributed by atoms with Gasteiger partial charge in [0, 0.05) is 11.4 Å². The van der Waals surface area contributed by atoms with E-state index in [0.717, 1.165) is 11.1 Å². The van der Waals surface area contributed by atoms with E-state index in [-0.39, 0.29) is 17.4 Å². The maximum Gasteiger partial charge on any atom is 0.344 e. The maximum atomic E-state index is 13.2.